The average molecular weight is 579 g/mol. The molecule has 5 rings (SSSR count). The first-order valence-corrected chi connectivity index (χ1v) is 14.7. The number of rotatable bonds is 5. The molecule has 2 amide bonds. The number of hydrogen-bond acceptors (Lipinski definition) is 6. The van der Waals surface area contributed by atoms with Crippen molar-refractivity contribution in [2.24, 2.45) is 5.41 Å². The van der Waals surface area contributed by atoms with Gasteiger partial charge < -0.3 is 29.9 Å². The van der Waals surface area contributed by atoms with Gasteiger partial charge in [0.25, 0.3) is 11.5 Å². The number of aromatic nitrogens is 3. The van der Waals surface area contributed by atoms with Gasteiger partial charge in [-0.15, -0.1) is 0 Å². The third-order valence-electron chi connectivity index (χ3n) is 9.07. The number of anilines is 2. The third kappa shape index (κ3) is 5.26. The molecule has 0 spiro atoms. The zero-order valence-corrected chi connectivity index (χ0v) is 25.4. The van der Waals surface area contributed by atoms with Crippen molar-refractivity contribution in [1.29, 1.82) is 0 Å². The molecule has 2 aliphatic rings. The highest BCUT2D eigenvalue weighted by atomic mass is 16.5. The summed E-state index contributed by atoms with van der Waals surface area (Å²) in [5.74, 6) is 0.403. The maximum absolute atomic E-state index is 13.3. The number of carbonyl (C=O) groups is 2. The van der Waals surface area contributed by atoms with Gasteiger partial charge in [-0.3, -0.25) is 14.3 Å². The number of likely N-dealkylation sites (tertiary alicyclic amines) is 1. The van der Waals surface area contributed by atoms with E-state index >= 15 is 0 Å². The molecule has 2 aromatic heterocycles. The van der Waals surface area contributed by atoms with Gasteiger partial charge in [0.15, 0.2) is 5.82 Å². The summed E-state index contributed by atoms with van der Waals surface area (Å²) in [6, 6.07) is 7.20. The Bertz CT molecular complexity index is 1560. The predicted octanol–water partition coefficient (Wildman–Crippen LogP) is 4.93. The average Bonchev–Trinajstić information content (AvgIpc) is 3.32. The van der Waals surface area contributed by atoms with Crippen molar-refractivity contribution >= 4 is 34.4 Å². The molecule has 2 saturated heterocycles. The van der Waals surface area contributed by atoms with Gasteiger partial charge in [-0.1, -0.05) is 27.7 Å². The smallest absolute Gasteiger partial charge is 0.407 e. The van der Waals surface area contributed by atoms with E-state index in [-0.39, 0.29) is 29.0 Å². The van der Waals surface area contributed by atoms with Gasteiger partial charge in [0, 0.05) is 36.6 Å². The highest BCUT2D eigenvalue weighted by Crippen LogP contribution is 2.44. The zero-order chi connectivity index (χ0) is 30.4. The summed E-state index contributed by atoms with van der Waals surface area (Å²) in [7, 11) is 0. The van der Waals surface area contributed by atoms with Gasteiger partial charge in [0.1, 0.15) is 5.39 Å². The number of benzene rings is 1. The number of hydrogen-bond donors (Lipinski definition) is 3. The second kappa shape index (κ2) is 11.1. The van der Waals surface area contributed by atoms with E-state index in [0.717, 1.165) is 12.0 Å². The van der Waals surface area contributed by atoms with Gasteiger partial charge in [0.05, 0.1) is 30.3 Å². The largest absolute Gasteiger partial charge is 0.465 e. The molecular formula is C31H42N6O5. The Kier molecular flexibility index (Phi) is 7.82. The number of carboxylic acid groups (broad SMARTS) is 1. The molecule has 2 aliphatic heterocycles. The van der Waals surface area contributed by atoms with Crippen LogP contribution in [0.2, 0.25) is 0 Å². The molecule has 0 aliphatic carbocycles. The van der Waals surface area contributed by atoms with Crippen molar-refractivity contribution in [3.63, 3.8) is 0 Å². The van der Waals surface area contributed by atoms with Crippen LogP contribution in [0.5, 0.6) is 0 Å². The molecule has 11 nitrogen and oxygen atoms in total. The lowest BCUT2D eigenvalue weighted by Gasteiger charge is -2.50. The van der Waals surface area contributed by atoms with Crippen LogP contribution in [-0.2, 0) is 10.3 Å². The Morgan fingerprint density at radius 3 is 2.62 bits per heavy atom. The molecule has 3 atom stereocenters. The van der Waals surface area contributed by atoms with Crippen LogP contribution >= 0.6 is 0 Å². The van der Waals surface area contributed by atoms with Gasteiger partial charge in [-0.05, 0) is 68.4 Å². The number of pyridine rings is 1. The normalized spacial score (nSPS) is 23.3. The summed E-state index contributed by atoms with van der Waals surface area (Å²) < 4.78 is 7.43. The maximum atomic E-state index is 13.3. The van der Waals surface area contributed by atoms with Gasteiger partial charge in [-0.2, -0.15) is 5.10 Å². The Morgan fingerprint density at radius 2 is 1.98 bits per heavy atom. The van der Waals surface area contributed by atoms with E-state index in [4.69, 9.17) is 9.84 Å². The molecule has 0 bridgehead atoms. The minimum Gasteiger partial charge on any atom is -0.465 e. The van der Waals surface area contributed by atoms with Gasteiger partial charge in [-0.25, -0.2) is 4.79 Å². The molecule has 0 radical (unpaired) electrons. The second-order valence-corrected chi connectivity index (χ2v) is 12.8. The number of nitrogens with one attached hydrogen (secondary N) is 2. The molecule has 1 aromatic carbocycles. The van der Waals surface area contributed by atoms with Crippen LogP contribution < -0.4 is 10.9 Å². The number of carbonyl (C=O) groups excluding carboxylic acids is 1. The van der Waals surface area contributed by atoms with Crippen molar-refractivity contribution in [2.45, 2.75) is 78.4 Å². The summed E-state index contributed by atoms with van der Waals surface area (Å²) in [6.45, 7) is 14.2. The fraction of sp³-hybridized carbons (Fsp3) is 0.548. The highest BCUT2D eigenvalue weighted by Gasteiger charge is 2.47. The summed E-state index contributed by atoms with van der Waals surface area (Å²) in [5, 5.41) is 18.7. The minimum atomic E-state index is -0.913. The number of H-pyrrole nitrogens is 1. The molecule has 2 fully saturated rings. The van der Waals surface area contributed by atoms with Crippen LogP contribution in [0.15, 0.2) is 35.3 Å². The predicted molar refractivity (Wildman–Crippen MR) is 162 cm³/mol. The first kappa shape index (κ1) is 29.6. The van der Waals surface area contributed by atoms with Crippen molar-refractivity contribution < 1.29 is 19.4 Å². The molecule has 226 valence electrons. The lowest BCUT2D eigenvalue weighted by atomic mass is 9.72. The maximum Gasteiger partial charge on any atom is 0.407 e. The fourth-order valence-electron chi connectivity index (χ4n) is 6.55. The Labute approximate surface area is 245 Å². The first-order chi connectivity index (χ1) is 19.9. The van der Waals surface area contributed by atoms with Crippen molar-refractivity contribution in [3.05, 3.63) is 51.9 Å². The standard InChI is InChI=1S/C31H42N6O5/c1-7-31(11-13-36(29(40)41)24(17-31)30(4,5)6)37-23-10-12-32-27(38)25(23)26(34-37)33-21-8-9-22(19(2)16-21)28(39)35-14-15-42-18-20(35)3/h8-10,12,16,20,24H,7,11,13-15,17-18H2,1-6H3,(H,32,38)(H,33,34)(H,40,41). The lowest BCUT2D eigenvalue weighted by molar-refractivity contribution is 0.00349. The number of piperidine rings is 1. The van der Waals surface area contributed by atoms with Crippen molar-refractivity contribution in [1.82, 2.24) is 24.6 Å². The topological polar surface area (TPSA) is 133 Å². The summed E-state index contributed by atoms with van der Waals surface area (Å²) in [6.07, 6.45) is 2.61. The number of morpholine rings is 1. The van der Waals surface area contributed by atoms with E-state index in [1.54, 1.807) is 11.1 Å². The number of aryl methyl sites for hydroxylation is 1. The van der Waals surface area contributed by atoms with Crippen LogP contribution in [0.3, 0.4) is 0 Å². The summed E-state index contributed by atoms with van der Waals surface area (Å²) in [5.41, 5.74) is 1.85. The third-order valence-corrected chi connectivity index (χ3v) is 9.07. The van der Waals surface area contributed by atoms with Crippen LogP contribution in [0.1, 0.15) is 69.8 Å². The fourth-order valence-corrected chi connectivity index (χ4v) is 6.55. The summed E-state index contributed by atoms with van der Waals surface area (Å²) in [4.78, 5) is 44.8. The molecule has 0 saturated carbocycles. The van der Waals surface area contributed by atoms with Gasteiger partial charge >= 0.3 is 6.09 Å². The van der Waals surface area contributed by atoms with Gasteiger partial charge in [0.2, 0.25) is 0 Å². The Hall–Kier alpha value is -3.86. The Balaban J connectivity index is 1.51. The minimum absolute atomic E-state index is 0.0108. The molecule has 42 heavy (non-hydrogen) atoms. The van der Waals surface area contributed by atoms with E-state index in [9.17, 15) is 19.5 Å². The van der Waals surface area contributed by atoms with E-state index in [1.165, 1.54) is 0 Å². The zero-order valence-electron chi connectivity index (χ0n) is 25.4. The van der Waals surface area contributed by atoms with Crippen LogP contribution in [-0.4, -0.2) is 80.1 Å². The molecule has 3 aromatic rings. The quantitative estimate of drug-likeness (QED) is 0.391. The summed E-state index contributed by atoms with van der Waals surface area (Å²) >= 11 is 0. The number of aromatic amines is 1. The van der Waals surface area contributed by atoms with Crippen LogP contribution in [0.25, 0.3) is 10.9 Å². The monoisotopic (exact) mass is 578 g/mol. The molecule has 4 heterocycles. The molecule has 11 heteroatoms. The first-order valence-electron chi connectivity index (χ1n) is 14.7. The highest BCUT2D eigenvalue weighted by molar-refractivity contribution is 5.97. The second-order valence-electron chi connectivity index (χ2n) is 12.8. The Morgan fingerprint density at radius 1 is 1.21 bits per heavy atom. The molecule has 3 unspecified atom stereocenters. The number of nitrogens with zero attached hydrogens (tertiary/aromatic N) is 4. The van der Waals surface area contributed by atoms with E-state index in [1.807, 2.05) is 47.7 Å². The number of fused-ring (bicyclic) bond motifs is 1. The SMILES string of the molecule is CCC1(n2nc(Nc3ccc(C(=O)N4CCOCC4C)c(C)c3)c3c(=O)[nH]ccc32)CCN(C(=O)O)C(C(C)(C)C)C1. The van der Waals surface area contributed by atoms with E-state index < -0.39 is 11.6 Å². The number of ether oxygens (including phenoxy) is 1. The van der Waals surface area contributed by atoms with E-state index in [2.05, 4.69) is 38.0 Å². The van der Waals surface area contributed by atoms with Crippen molar-refractivity contribution in [3.8, 4) is 0 Å². The molecular weight excluding hydrogens is 536 g/mol. The lowest BCUT2D eigenvalue weighted by Crippen LogP contribution is -2.57. The van der Waals surface area contributed by atoms with Crippen molar-refractivity contribution in [2.75, 3.05) is 31.6 Å². The van der Waals surface area contributed by atoms with E-state index in [0.29, 0.717) is 67.1 Å². The van der Waals surface area contributed by atoms with Crippen LogP contribution in [0.4, 0.5) is 16.3 Å². The molecule has 3 N–H and O–H groups in total. The van der Waals surface area contributed by atoms with Crippen LogP contribution in [0, 0.1) is 12.3 Å². The number of amides is 2.